The predicted octanol–water partition coefficient (Wildman–Crippen LogP) is 3.21. The molecule has 0 bridgehead atoms. The van der Waals surface area contributed by atoms with E-state index in [0.717, 1.165) is 16.7 Å². The summed E-state index contributed by atoms with van der Waals surface area (Å²) in [5, 5.41) is 0. The first-order chi connectivity index (χ1) is 4.18. The molecule has 1 heteroatoms. The van der Waals surface area contributed by atoms with Crippen molar-refractivity contribution in [2.24, 2.45) is 11.8 Å². The number of hydrogen-bond donors (Lipinski definition) is 0. The van der Waals surface area contributed by atoms with Gasteiger partial charge < -0.3 is 0 Å². The van der Waals surface area contributed by atoms with Gasteiger partial charge in [0.05, 0.1) is 0 Å². The predicted molar refractivity (Wildman–Crippen MR) is 44.9 cm³/mol. The van der Waals surface area contributed by atoms with Gasteiger partial charge in [0.15, 0.2) is 0 Å². The van der Waals surface area contributed by atoms with Crippen molar-refractivity contribution in [3.8, 4) is 0 Å². The van der Waals surface area contributed by atoms with Crippen molar-refractivity contribution in [3.05, 3.63) is 0 Å². The maximum absolute atomic E-state index is 3.67. The molecule has 0 radical (unpaired) electrons. The molecule has 54 valence electrons. The van der Waals surface area contributed by atoms with Gasteiger partial charge in [-0.2, -0.15) is 0 Å². The number of alkyl halides is 1. The molecule has 0 unspecified atom stereocenters. The molecule has 9 heavy (non-hydrogen) atoms. The first-order valence-electron chi connectivity index (χ1n) is 3.82. The minimum Gasteiger partial charge on any atom is -0.0890 e. The highest BCUT2D eigenvalue weighted by Gasteiger charge is 2.21. The zero-order chi connectivity index (χ0) is 6.85. The lowest BCUT2D eigenvalue weighted by molar-refractivity contribution is 0.312. The first kappa shape index (κ1) is 7.59. The lowest BCUT2D eigenvalue weighted by Gasteiger charge is -2.27. The highest BCUT2D eigenvalue weighted by molar-refractivity contribution is 9.09. The summed E-state index contributed by atoms with van der Waals surface area (Å²) in [6.45, 7) is 4.70. The van der Waals surface area contributed by atoms with Gasteiger partial charge in [0, 0.05) is 4.83 Å². The van der Waals surface area contributed by atoms with Gasteiger partial charge in [-0.05, 0) is 31.1 Å². The second kappa shape index (κ2) is 3.05. The van der Waals surface area contributed by atoms with Crippen molar-refractivity contribution in [1.82, 2.24) is 0 Å². The molecule has 0 aromatic carbocycles. The Hall–Kier alpha value is 0.480. The van der Waals surface area contributed by atoms with Crippen molar-refractivity contribution >= 4 is 15.9 Å². The van der Waals surface area contributed by atoms with E-state index in [4.69, 9.17) is 0 Å². The van der Waals surface area contributed by atoms with Crippen molar-refractivity contribution in [3.63, 3.8) is 0 Å². The minimum atomic E-state index is 0.802. The van der Waals surface area contributed by atoms with Crippen molar-refractivity contribution in [2.45, 2.75) is 37.9 Å². The highest BCUT2D eigenvalue weighted by atomic mass is 79.9. The second-order valence-electron chi connectivity index (χ2n) is 3.51. The molecule has 1 saturated carbocycles. The van der Waals surface area contributed by atoms with Crippen LogP contribution in [0.15, 0.2) is 0 Å². The summed E-state index contributed by atoms with van der Waals surface area (Å²) in [6.07, 6.45) is 4.19. The smallest absolute Gasteiger partial charge is 0.0150 e. The summed E-state index contributed by atoms with van der Waals surface area (Å²) in [4.78, 5) is 0.802. The fraction of sp³-hybridized carbons (Fsp3) is 1.00. The Bertz CT molecular complexity index is 65.5. The van der Waals surface area contributed by atoms with Crippen LogP contribution >= 0.6 is 15.9 Å². The highest BCUT2D eigenvalue weighted by Crippen LogP contribution is 2.32. The molecule has 1 rings (SSSR count). The molecule has 1 aliphatic rings. The van der Waals surface area contributed by atoms with E-state index in [1.54, 1.807) is 0 Å². The monoisotopic (exact) mass is 190 g/mol. The molecule has 0 saturated heterocycles. The van der Waals surface area contributed by atoms with Crippen molar-refractivity contribution < 1.29 is 0 Å². The molecular weight excluding hydrogens is 176 g/mol. The van der Waals surface area contributed by atoms with E-state index < -0.39 is 0 Å². The molecule has 0 aliphatic heterocycles. The van der Waals surface area contributed by atoms with E-state index in [9.17, 15) is 0 Å². The Morgan fingerprint density at radius 3 is 1.78 bits per heavy atom. The van der Waals surface area contributed by atoms with Gasteiger partial charge in [-0.3, -0.25) is 0 Å². The lowest BCUT2D eigenvalue weighted by Crippen LogP contribution is -2.18. The van der Waals surface area contributed by atoms with E-state index >= 15 is 0 Å². The molecule has 0 aromatic heterocycles. The van der Waals surface area contributed by atoms with Gasteiger partial charge in [-0.15, -0.1) is 0 Å². The Morgan fingerprint density at radius 1 is 1.00 bits per heavy atom. The van der Waals surface area contributed by atoms with Gasteiger partial charge in [0.2, 0.25) is 0 Å². The summed E-state index contributed by atoms with van der Waals surface area (Å²) in [5.74, 6) is 1.89. The normalized spacial score (nSPS) is 45.0. The number of hydrogen-bond acceptors (Lipinski definition) is 0. The quantitative estimate of drug-likeness (QED) is 0.516. The molecule has 2 atom stereocenters. The zero-order valence-corrected chi connectivity index (χ0v) is 7.82. The summed E-state index contributed by atoms with van der Waals surface area (Å²) in [7, 11) is 0. The van der Waals surface area contributed by atoms with Crippen LogP contribution in [0.1, 0.15) is 33.1 Å². The molecule has 1 fully saturated rings. The maximum Gasteiger partial charge on any atom is 0.0150 e. The molecular formula is C8H15Br. The average molecular weight is 191 g/mol. The third kappa shape index (κ3) is 2.29. The Kier molecular flexibility index (Phi) is 2.57. The molecule has 0 spiro atoms. The van der Waals surface area contributed by atoms with Crippen LogP contribution in [0.3, 0.4) is 0 Å². The van der Waals surface area contributed by atoms with Crippen LogP contribution < -0.4 is 0 Å². The molecule has 0 nitrogen and oxygen atoms in total. The van der Waals surface area contributed by atoms with E-state index in [0.29, 0.717) is 0 Å². The Morgan fingerprint density at radius 2 is 1.44 bits per heavy atom. The van der Waals surface area contributed by atoms with Crippen LogP contribution in [0.25, 0.3) is 0 Å². The third-order valence-electron chi connectivity index (χ3n) is 2.12. The average Bonchev–Trinajstić information content (AvgIpc) is 1.59. The fourth-order valence-corrected chi connectivity index (χ4v) is 3.13. The van der Waals surface area contributed by atoms with Crippen LogP contribution in [0, 0.1) is 11.8 Å². The lowest BCUT2D eigenvalue weighted by atomic mass is 9.84. The Balaban J connectivity index is 2.34. The van der Waals surface area contributed by atoms with Crippen molar-refractivity contribution in [2.75, 3.05) is 0 Å². The maximum atomic E-state index is 3.67. The van der Waals surface area contributed by atoms with E-state index in [1.165, 1.54) is 19.3 Å². The van der Waals surface area contributed by atoms with Gasteiger partial charge in [0.25, 0.3) is 0 Å². The van der Waals surface area contributed by atoms with Crippen LogP contribution in [-0.2, 0) is 0 Å². The van der Waals surface area contributed by atoms with Gasteiger partial charge in [-0.1, -0.05) is 29.8 Å². The topological polar surface area (TPSA) is 0 Å². The number of rotatable bonds is 0. The van der Waals surface area contributed by atoms with Crippen LogP contribution in [0.4, 0.5) is 0 Å². The Labute approximate surface area is 66.2 Å². The standard InChI is InChI=1S/C8H15Br/c1-6-3-7(2)5-8(9)4-6/h6-8H,3-5H2,1-2H3/t6-,7-/m1/s1. The molecule has 0 aromatic rings. The van der Waals surface area contributed by atoms with Crippen LogP contribution in [0.2, 0.25) is 0 Å². The van der Waals surface area contributed by atoms with Crippen LogP contribution in [-0.4, -0.2) is 4.83 Å². The second-order valence-corrected chi connectivity index (χ2v) is 4.81. The summed E-state index contributed by atoms with van der Waals surface area (Å²) < 4.78 is 0. The molecule has 0 amide bonds. The van der Waals surface area contributed by atoms with E-state index in [1.807, 2.05) is 0 Å². The number of halogens is 1. The SMILES string of the molecule is C[C@H]1CC(Br)C[C@H](C)C1. The van der Waals surface area contributed by atoms with E-state index in [-0.39, 0.29) is 0 Å². The van der Waals surface area contributed by atoms with Crippen molar-refractivity contribution in [1.29, 1.82) is 0 Å². The first-order valence-corrected chi connectivity index (χ1v) is 4.74. The summed E-state index contributed by atoms with van der Waals surface area (Å²) >= 11 is 3.67. The van der Waals surface area contributed by atoms with E-state index in [2.05, 4.69) is 29.8 Å². The molecule has 0 heterocycles. The van der Waals surface area contributed by atoms with Gasteiger partial charge >= 0.3 is 0 Å². The minimum absolute atomic E-state index is 0.802. The fourth-order valence-electron chi connectivity index (χ4n) is 1.85. The largest absolute Gasteiger partial charge is 0.0890 e. The summed E-state index contributed by atoms with van der Waals surface area (Å²) in [6, 6.07) is 0. The van der Waals surface area contributed by atoms with Gasteiger partial charge in [0.1, 0.15) is 0 Å². The third-order valence-corrected chi connectivity index (χ3v) is 2.87. The molecule has 1 aliphatic carbocycles. The molecule has 0 N–H and O–H groups in total. The van der Waals surface area contributed by atoms with Crippen LogP contribution in [0.5, 0.6) is 0 Å². The van der Waals surface area contributed by atoms with Gasteiger partial charge in [-0.25, -0.2) is 0 Å². The zero-order valence-electron chi connectivity index (χ0n) is 6.23. The summed E-state index contributed by atoms with van der Waals surface area (Å²) in [5.41, 5.74) is 0.